The molecule has 2 aromatic heterocycles. The molecule has 26 heavy (non-hydrogen) atoms. The Bertz CT molecular complexity index is 938. The molecule has 0 spiro atoms. The summed E-state index contributed by atoms with van der Waals surface area (Å²) < 4.78 is 6.86. The van der Waals surface area contributed by atoms with Crippen LogP contribution >= 0.6 is 0 Å². The maximum Gasteiger partial charge on any atom is 0.306 e. The molecule has 0 bridgehead atoms. The van der Waals surface area contributed by atoms with Crippen LogP contribution in [-0.4, -0.2) is 43.1 Å². The topological polar surface area (TPSA) is 103 Å². The van der Waals surface area contributed by atoms with Crippen molar-refractivity contribution in [2.45, 2.75) is 25.7 Å². The lowest BCUT2D eigenvalue weighted by Crippen LogP contribution is -2.11. The summed E-state index contributed by atoms with van der Waals surface area (Å²) in [5, 5.41) is 17.5. The summed E-state index contributed by atoms with van der Waals surface area (Å²) in [5.41, 5.74) is 2.11. The number of aliphatic carboxylic acids is 1. The van der Waals surface area contributed by atoms with Gasteiger partial charge in [0.25, 0.3) is 0 Å². The molecule has 0 unspecified atom stereocenters. The molecule has 1 aliphatic rings. The van der Waals surface area contributed by atoms with Crippen molar-refractivity contribution >= 4 is 17.1 Å². The number of benzene rings is 1. The quantitative estimate of drug-likeness (QED) is 0.750. The van der Waals surface area contributed by atoms with E-state index in [4.69, 9.17) is 9.84 Å². The first-order valence-corrected chi connectivity index (χ1v) is 8.58. The van der Waals surface area contributed by atoms with Crippen LogP contribution in [0.3, 0.4) is 0 Å². The molecule has 0 aliphatic heterocycles. The molecule has 0 saturated heterocycles. The SMILES string of the molecule is COc1ccc(-n2nnc3cnc(C[C@@H]4CC[C@@H](C(=O)O)C4)nc32)cc1. The van der Waals surface area contributed by atoms with Gasteiger partial charge in [0.15, 0.2) is 11.2 Å². The lowest BCUT2D eigenvalue weighted by atomic mass is 10.0. The van der Waals surface area contributed by atoms with Gasteiger partial charge in [0, 0.05) is 6.42 Å². The van der Waals surface area contributed by atoms with E-state index < -0.39 is 5.97 Å². The molecule has 0 radical (unpaired) electrons. The molecule has 1 aromatic carbocycles. The standard InChI is InChI=1S/C18H19N5O3/c1-26-14-6-4-13(5-7-14)23-17-15(21-22-23)10-19-16(20-17)9-11-2-3-12(8-11)18(24)25/h4-7,10-12H,2-3,8-9H2,1H3,(H,24,25)/t11-,12-/m1/s1. The van der Waals surface area contributed by atoms with Crippen LogP contribution in [0.25, 0.3) is 16.9 Å². The van der Waals surface area contributed by atoms with Gasteiger partial charge in [0.05, 0.1) is 24.9 Å². The minimum absolute atomic E-state index is 0.241. The fraction of sp³-hybridized carbons (Fsp3) is 0.389. The summed E-state index contributed by atoms with van der Waals surface area (Å²) in [4.78, 5) is 20.1. The van der Waals surface area contributed by atoms with Crippen LogP contribution < -0.4 is 4.74 Å². The molecular formula is C18H19N5O3. The Kier molecular flexibility index (Phi) is 4.24. The second kappa shape index (κ2) is 6.70. The van der Waals surface area contributed by atoms with Crippen molar-refractivity contribution in [1.29, 1.82) is 0 Å². The Labute approximate surface area is 149 Å². The van der Waals surface area contributed by atoms with Gasteiger partial charge < -0.3 is 9.84 Å². The van der Waals surface area contributed by atoms with E-state index in [9.17, 15) is 4.79 Å². The minimum Gasteiger partial charge on any atom is -0.497 e. The lowest BCUT2D eigenvalue weighted by Gasteiger charge is -2.08. The van der Waals surface area contributed by atoms with Crippen LogP contribution in [-0.2, 0) is 11.2 Å². The Morgan fingerprint density at radius 1 is 1.31 bits per heavy atom. The van der Waals surface area contributed by atoms with E-state index in [0.717, 1.165) is 24.3 Å². The number of hydrogen-bond acceptors (Lipinski definition) is 6. The number of carboxylic acid groups (broad SMARTS) is 1. The van der Waals surface area contributed by atoms with Crippen LogP contribution in [0.1, 0.15) is 25.1 Å². The van der Waals surface area contributed by atoms with Gasteiger partial charge in [-0.1, -0.05) is 5.21 Å². The van der Waals surface area contributed by atoms with Crippen molar-refractivity contribution in [3.8, 4) is 11.4 Å². The zero-order chi connectivity index (χ0) is 18.1. The number of ether oxygens (including phenoxy) is 1. The Morgan fingerprint density at radius 3 is 2.81 bits per heavy atom. The predicted molar refractivity (Wildman–Crippen MR) is 93.2 cm³/mol. The zero-order valence-electron chi connectivity index (χ0n) is 14.4. The number of aromatic nitrogens is 5. The van der Waals surface area contributed by atoms with E-state index >= 15 is 0 Å². The monoisotopic (exact) mass is 353 g/mol. The molecule has 4 rings (SSSR count). The zero-order valence-corrected chi connectivity index (χ0v) is 14.4. The highest BCUT2D eigenvalue weighted by Crippen LogP contribution is 2.33. The van der Waals surface area contributed by atoms with E-state index in [1.807, 2.05) is 24.3 Å². The van der Waals surface area contributed by atoms with Gasteiger partial charge in [0.2, 0.25) is 0 Å². The van der Waals surface area contributed by atoms with Crippen molar-refractivity contribution in [2.75, 3.05) is 7.11 Å². The van der Waals surface area contributed by atoms with Gasteiger partial charge >= 0.3 is 5.97 Å². The van der Waals surface area contributed by atoms with Crippen molar-refractivity contribution < 1.29 is 14.6 Å². The van der Waals surface area contributed by atoms with E-state index in [-0.39, 0.29) is 5.92 Å². The van der Waals surface area contributed by atoms with Crippen LogP contribution in [0, 0.1) is 11.8 Å². The van der Waals surface area contributed by atoms with Crippen molar-refractivity contribution in [3.05, 3.63) is 36.3 Å². The summed E-state index contributed by atoms with van der Waals surface area (Å²) in [7, 11) is 1.62. The van der Waals surface area contributed by atoms with Crippen LogP contribution in [0.15, 0.2) is 30.5 Å². The first-order valence-electron chi connectivity index (χ1n) is 8.58. The smallest absolute Gasteiger partial charge is 0.306 e. The molecule has 2 atom stereocenters. The van der Waals surface area contributed by atoms with Gasteiger partial charge in [-0.15, -0.1) is 5.10 Å². The molecule has 0 amide bonds. The molecule has 8 heteroatoms. The number of carboxylic acids is 1. The van der Waals surface area contributed by atoms with Gasteiger partial charge in [-0.2, -0.15) is 4.68 Å². The number of carbonyl (C=O) groups is 1. The molecule has 3 aromatic rings. The van der Waals surface area contributed by atoms with Crippen molar-refractivity contribution in [2.24, 2.45) is 11.8 Å². The van der Waals surface area contributed by atoms with Crippen LogP contribution in [0.5, 0.6) is 5.75 Å². The molecule has 1 saturated carbocycles. The number of hydrogen-bond donors (Lipinski definition) is 1. The summed E-state index contributed by atoms with van der Waals surface area (Å²) in [6, 6.07) is 7.50. The second-order valence-corrected chi connectivity index (χ2v) is 6.61. The van der Waals surface area contributed by atoms with Gasteiger partial charge in [-0.3, -0.25) is 4.79 Å². The molecular weight excluding hydrogens is 334 g/mol. The van der Waals surface area contributed by atoms with Gasteiger partial charge in [0.1, 0.15) is 11.6 Å². The molecule has 8 nitrogen and oxygen atoms in total. The summed E-state index contributed by atoms with van der Waals surface area (Å²) in [6.45, 7) is 0. The van der Waals surface area contributed by atoms with E-state index in [0.29, 0.717) is 35.7 Å². The third kappa shape index (κ3) is 3.10. The predicted octanol–water partition coefficient (Wildman–Crippen LogP) is 2.26. The maximum absolute atomic E-state index is 11.1. The largest absolute Gasteiger partial charge is 0.497 e. The maximum atomic E-state index is 11.1. The van der Waals surface area contributed by atoms with Crippen molar-refractivity contribution in [3.63, 3.8) is 0 Å². The number of rotatable bonds is 5. The van der Waals surface area contributed by atoms with Gasteiger partial charge in [-0.25, -0.2) is 9.97 Å². The third-order valence-corrected chi connectivity index (χ3v) is 4.92. The minimum atomic E-state index is -0.703. The number of nitrogens with zero attached hydrogens (tertiary/aromatic N) is 5. The summed E-state index contributed by atoms with van der Waals surface area (Å²) >= 11 is 0. The average Bonchev–Trinajstić information content (AvgIpc) is 3.29. The fourth-order valence-corrected chi connectivity index (χ4v) is 3.50. The highest BCUT2D eigenvalue weighted by atomic mass is 16.5. The highest BCUT2D eigenvalue weighted by Gasteiger charge is 2.30. The van der Waals surface area contributed by atoms with E-state index in [1.165, 1.54) is 0 Å². The molecule has 2 heterocycles. The second-order valence-electron chi connectivity index (χ2n) is 6.61. The Balaban J connectivity index is 1.59. The fourth-order valence-electron chi connectivity index (χ4n) is 3.50. The third-order valence-electron chi connectivity index (χ3n) is 4.92. The van der Waals surface area contributed by atoms with E-state index in [2.05, 4.69) is 20.3 Å². The van der Waals surface area contributed by atoms with Crippen LogP contribution in [0.4, 0.5) is 0 Å². The molecule has 134 valence electrons. The summed E-state index contributed by atoms with van der Waals surface area (Å²) in [6.07, 6.45) is 4.66. The average molecular weight is 353 g/mol. The first kappa shape index (κ1) is 16.4. The first-order chi connectivity index (χ1) is 12.6. The molecule has 1 fully saturated rings. The summed E-state index contributed by atoms with van der Waals surface area (Å²) in [5.74, 6) is 0.827. The number of methoxy groups -OCH3 is 1. The normalized spacial score (nSPS) is 19.7. The van der Waals surface area contributed by atoms with Crippen LogP contribution in [0.2, 0.25) is 0 Å². The Hall–Kier alpha value is -3.03. The highest BCUT2D eigenvalue weighted by molar-refractivity contribution is 5.71. The van der Waals surface area contributed by atoms with E-state index in [1.54, 1.807) is 18.0 Å². The Morgan fingerprint density at radius 2 is 2.12 bits per heavy atom. The lowest BCUT2D eigenvalue weighted by molar-refractivity contribution is -0.141. The number of fused-ring (bicyclic) bond motifs is 1. The van der Waals surface area contributed by atoms with Crippen molar-refractivity contribution in [1.82, 2.24) is 25.0 Å². The van der Waals surface area contributed by atoms with Gasteiger partial charge in [-0.05, 0) is 49.4 Å². The molecule has 1 N–H and O–H groups in total. The molecule has 1 aliphatic carbocycles.